The lowest BCUT2D eigenvalue weighted by Gasteiger charge is -2.21. The first-order valence-corrected chi connectivity index (χ1v) is 4.85. The number of anilines is 1. The van der Waals surface area contributed by atoms with Crippen molar-refractivity contribution in [3.63, 3.8) is 0 Å². The van der Waals surface area contributed by atoms with E-state index in [-0.39, 0.29) is 5.69 Å². The second-order valence-electron chi connectivity index (χ2n) is 3.55. The molecule has 0 saturated carbocycles. The van der Waals surface area contributed by atoms with Gasteiger partial charge in [-0.2, -0.15) is 26.3 Å². The van der Waals surface area contributed by atoms with Crippen molar-refractivity contribution in [1.29, 1.82) is 0 Å². The highest BCUT2D eigenvalue weighted by atomic mass is 19.4. The molecule has 1 unspecified atom stereocenters. The Kier molecular flexibility index (Phi) is 4.10. The third-order valence-corrected chi connectivity index (χ3v) is 2.16. The number of halogens is 6. The first-order valence-electron chi connectivity index (χ1n) is 4.85. The first kappa shape index (κ1) is 14.6. The fourth-order valence-electron chi connectivity index (χ4n) is 1.26. The number of nitrogens with two attached hydrogens (primary N) is 1. The second kappa shape index (κ2) is 5.05. The molecule has 0 heterocycles. The second-order valence-corrected chi connectivity index (χ2v) is 3.55. The van der Waals surface area contributed by atoms with Gasteiger partial charge in [-0.15, -0.1) is 0 Å². The smallest absolute Gasteiger partial charge is 0.373 e. The highest BCUT2D eigenvalue weighted by molar-refractivity contribution is 5.47. The molecule has 0 aliphatic heterocycles. The topological polar surface area (TPSA) is 38.0 Å². The fourth-order valence-corrected chi connectivity index (χ4v) is 1.26. The van der Waals surface area contributed by atoms with Gasteiger partial charge in [0, 0.05) is 12.2 Å². The van der Waals surface area contributed by atoms with E-state index in [1.165, 1.54) is 0 Å². The van der Waals surface area contributed by atoms with Crippen LogP contribution >= 0.6 is 0 Å². The Morgan fingerprint density at radius 1 is 1.11 bits per heavy atom. The molecule has 1 aromatic carbocycles. The van der Waals surface area contributed by atoms with E-state index in [2.05, 4.69) is 0 Å². The molecule has 1 aromatic rings. The zero-order valence-corrected chi connectivity index (χ0v) is 8.94. The molecule has 0 bridgehead atoms. The van der Waals surface area contributed by atoms with E-state index >= 15 is 0 Å². The fraction of sp³-hybridized carbons (Fsp3) is 0.400. The van der Waals surface area contributed by atoms with E-state index in [1.54, 1.807) is 0 Å². The van der Waals surface area contributed by atoms with Crippen molar-refractivity contribution in [1.82, 2.24) is 0 Å². The molecule has 0 aliphatic rings. The van der Waals surface area contributed by atoms with Crippen LogP contribution in [0.15, 0.2) is 24.3 Å². The zero-order valence-electron chi connectivity index (χ0n) is 8.94. The summed E-state index contributed by atoms with van der Waals surface area (Å²) in [5.41, 5.74) is 3.62. The molecule has 0 aromatic heterocycles. The highest BCUT2D eigenvalue weighted by Crippen LogP contribution is 2.31. The zero-order chi connectivity index (χ0) is 14.0. The minimum Gasteiger partial charge on any atom is -0.373 e. The lowest BCUT2D eigenvalue weighted by Crippen LogP contribution is -2.42. The summed E-state index contributed by atoms with van der Waals surface area (Å²) >= 11 is 0. The summed E-state index contributed by atoms with van der Waals surface area (Å²) in [5.74, 6) is 0. The molecule has 0 radical (unpaired) electrons. The SMILES string of the molecule is NCC(Nc1cccc(C(F)(F)F)c1)C(F)(F)F. The number of alkyl halides is 6. The Balaban J connectivity index is 2.92. The molecule has 8 heteroatoms. The van der Waals surface area contributed by atoms with Crippen molar-refractivity contribution in [3.8, 4) is 0 Å². The summed E-state index contributed by atoms with van der Waals surface area (Å²) in [6, 6.07) is 1.43. The monoisotopic (exact) mass is 272 g/mol. The molecule has 1 rings (SSSR count). The van der Waals surface area contributed by atoms with E-state index in [0.29, 0.717) is 6.07 Å². The van der Waals surface area contributed by atoms with Crippen LogP contribution in [0.25, 0.3) is 0 Å². The van der Waals surface area contributed by atoms with Crippen LogP contribution in [0.5, 0.6) is 0 Å². The van der Waals surface area contributed by atoms with Crippen molar-refractivity contribution in [2.75, 3.05) is 11.9 Å². The molecule has 1 atom stereocenters. The standard InChI is InChI=1S/C10H10F6N2/c11-9(12,13)6-2-1-3-7(4-6)18-8(5-17)10(14,15)16/h1-4,8,18H,5,17H2. The Bertz CT molecular complexity index is 398. The maximum Gasteiger partial charge on any atom is 0.416 e. The van der Waals surface area contributed by atoms with Crippen LogP contribution in [0.1, 0.15) is 5.56 Å². The third kappa shape index (κ3) is 3.80. The molecule has 102 valence electrons. The molecule has 2 nitrogen and oxygen atoms in total. The van der Waals surface area contributed by atoms with E-state index in [1.807, 2.05) is 5.32 Å². The Morgan fingerprint density at radius 2 is 1.72 bits per heavy atom. The quantitative estimate of drug-likeness (QED) is 0.830. The molecule has 0 aliphatic carbocycles. The van der Waals surface area contributed by atoms with Gasteiger partial charge in [0.1, 0.15) is 6.04 Å². The highest BCUT2D eigenvalue weighted by Gasteiger charge is 2.39. The Hall–Kier alpha value is -1.44. The molecule has 0 saturated heterocycles. The summed E-state index contributed by atoms with van der Waals surface area (Å²) in [5, 5.41) is 1.93. The van der Waals surface area contributed by atoms with Gasteiger partial charge in [0.2, 0.25) is 0 Å². The molecule has 0 fully saturated rings. The molecular weight excluding hydrogens is 262 g/mol. The van der Waals surface area contributed by atoms with Gasteiger partial charge in [0.25, 0.3) is 0 Å². The van der Waals surface area contributed by atoms with Crippen LogP contribution in [-0.4, -0.2) is 18.8 Å². The molecule has 0 amide bonds. The average Bonchev–Trinajstić information content (AvgIpc) is 2.23. The Labute approximate surface area is 98.8 Å². The van der Waals surface area contributed by atoms with Crippen molar-refractivity contribution >= 4 is 5.69 Å². The minimum atomic E-state index is -4.62. The molecule has 3 N–H and O–H groups in total. The van der Waals surface area contributed by atoms with Crippen molar-refractivity contribution in [2.45, 2.75) is 18.4 Å². The molecule has 18 heavy (non-hydrogen) atoms. The van der Waals surface area contributed by atoms with Gasteiger partial charge in [0.15, 0.2) is 0 Å². The van der Waals surface area contributed by atoms with Gasteiger partial charge >= 0.3 is 12.4 Å². The van der Waals surface area contributed by atoms with E-state index in [9.17, 15) is 26.3 Å². The minimum absolute atomic E-state index is 0.280. The largest absolute Gasteiger partial charge is 0.416 e. The van der Waals surface area contributed by atoms with Crippen LogP contribution < -0.4 is 11.1 Å². The Morgan fingerprint density at radius 3 is 2.17 bits per heavy atom. The predicted molar refractivity (Wildman–Crippen MR) is 54.0 cm³/mol. The van der Waals surface area contributed by atoms with Crippen LogP contribution in [0, 0.1) is 0 Å². The summed E-state index contributed by atoms with van der Waals surface area (Å²) in [4.78, 5) is 0. The summed E-state index contributed by atoms with van der Waals surface area (Å²) in [6.07, 6.45) is -9.23. The lowest BCUT2D eigenvalue weighted by atomic mass is 10.1. The maximum atomic E-state index is 12.4. The van der Waals surface area contributed by atoms with Gasteiger partial charge in [0.05, 0.1) is 5.56 Å². The number of benzene rings is 1. The predicted octanol–water partition coefficient (Wildman–Crippen LogP) is 3.01. The van der Waals surface area contributed by atoms with Crippen molar-refractivity contribution in [2.24, 2.45) is 5.73 Å². The maximum absolute atomic E-state index is 12.4. The van der Waals surface area contributed by atoms with Gasteiger partial charge in [-0.1, -0.05) is 6.07 Å². The van der Waals surface area contributed by atoms with Crippen LogP contribution in [-0.2, 0) is 6.18 Å². The summed E-state index contributed by atoms with van der Waals surface area (Å²) < 4.78 is 74.2. The van der Waals surface area contributed by atoms with Gasteiger partial charge in [-0.3, -0.25) is 0 Å². The van der Waals surface area contributed by atoms with E-state index in [4.69, 9.17) is 5.73 Å². The van der Waals surface area contributed by atoms with Crippen molar-refractivity contribution < 1.29 is 26.3 Å². The number of nitrogens with one attached hydrogen (secondary N) is 1. The van der Waals surface area contributed by atoms with Crippen molar-refractivity contribution in [3.05, 3.63) is 29.8 Å². The van der Waals surface area contributed by atoms with E-state index in [0.717, 1.165) is 18.2 Å². The summed E-state index contributed by atoms with van der Waals surface area (Å²) in [6.45, 7) is -0.764. The van der Waals surface area contributed by atoms with Gasteiger partial charge in [-0.05, 0) is 18.2 Å². The normalized spacial score (nSPS) is 14.4. The van der Waals surface area contributed by atoms with Gasteiger partial charge < -0.3 is 11.1 Å². The molecule has 0 spiro atoms. The van der Waals surface area contributed by atoms with E-state index < -0.39 is 30.5 Å². The lowest BCUT2D eigenvalue weighted by molar-refractivity contribution is -0.140. The first-order chi connectivity index (χ1) is 8.14. The average molecular weight is 272 g/mol. The third-order valence-electron chi connectivity index (χ3n) is 2.16. The molecular formula is C10H10F6N2. The van der Waals surface area contributed by atoms with Crippen LogP contribution in [0.2, 0.25) is 0 Å². The number of hydrogen-bond donors (Lipinski definition) is 2. The number of rotatable bonds is 3. The number of hydrogen-bond acceptors (Lipinski definition) is 2. The van der Waals surface area contributed by atoms with Crippen LogP contribution in [0.3, 0.4) is 0 Å². The summed E-state index contributed by atoms with van der Waals surface area (Å²) in [7, 11) is 0. The van der Waals surface area contributed by atoms with Gasteiger partial charge in [-0.25, -0.2) is 0 Å². The van der Waals surface area contributed by atoms with Crippen LogP contribution in [0.4, 0.5) is 32.0 Å².